The minimum atomic E-state index is -0.266. The molecule has 1 saturated heterocycles. The molecule has 152 valence electrons. The van der Waals surface area contributed by atoms with Gasteiger partial charge in [0.2, 0.25) is 5.91 Å². The predicted octanol–water partition coefficient (Wildman–Crippen LogP) is 3.76. The summed E-state index contributed by atoms with van der Waals surface area (Å²) in [5.41, 5.74) is 2.10. The molecule has 1 atom stereocenters. The first kappa shape index (κ1) is 22.3. The molecule has 2 aromatic rings. The quantitative estimate of drug-likeness (QED) is 0.679. The van der Waals surface area contributed by atoms with E-state index in [9.17, 15) is 9.18 Å². The summed E-state index contributed by atoms with van der Waals surface area (Å²) in [4.78, 5) is 14.5. The van der Waals surface area contributed by atoms with Crippen LogP contribution in [0.1, 0.15) is 30.0 Å². The van der Waals surface area contributed by atoms with Crippen molar-refractivity contribution in [2.75, 3.05) is 32.8 Å². The van der Waals surface area contributed by atoms with Gasteiger partial charge in [-0.3, -0.25) is 4.79 Å². The fraction of sp³-hybridized carbons (Fsp3) is 0.409. The Morgan fingerprint density at radius 2 is 1.96 bits per heavy atom. The third-order valence-corrected chi connectivity index (χ3v) is 4.85. The average molecular weight is 407 g/mol. The Hall–Kier alpha value is -1.95. The van der Waals surface area contributed by atoms with Gasteiger partial charge in [0.05, 0.1) is 12.6 Å². The first-order chi connectivity index (χ1) is 13.2. The molecule has 0 radical (unpaired) electrons. The van der Waals surface area contributed by atoms with Gasteiger partial charge in [-0.05, 0) is 36.1 Å². The molecule has 0 spiro atoms. The van der Waals surface area contributed by atoms with Crippen molar-refractivity contribution in [2.45, 2.75) is 25.3 Å². The van der Waals surface area contributed by atoms with Crippen LogP contribution in [0.3, 0.4) is 0 Å². The molecule has 1 fully saturated rings. The largest absolute Gasteiger partial charge is 0.381 e. The van der Waals surface area contributed by atoms with Crippen molar-refractivity contribution in [2.24, 2.45) is 0 Å². The van der Waals surface area contributed by atoms with Gasteiger partial charge in [-0.15, -0.1) is 12.4 Å². The van der Waals surface area contributed by atoms with Crippen LogP contribution in [0.2, 0.25) is 0 Å². The number of ether oxygens (including phenoxy) is 1. The second-order valence-electron chi connectivity index (χ2n) is 6.81. The third kappa shape index (κ3) is 6.59. The van der Waals surface area contributed by atoms with Crippen molar-refractivity contribution in [3.05, 3.63) is 71.5 Å². The minimum absolute atomic E-state index is 0. The van der Waals surface area contributed by atoms with Crippen LogP contribution < -0.4 is 5.32 Å². The van der Waals surface area contributed by atoms with E-state index in [-0.39, 0.29) is 30.2 Å². The highest BCUT2D eigenvalue weighted by atomic mass is 35.5. The zero-order valence-corrected chi connectivity index (χ0v) is 16.8. The van der Waals surface area contributed by atoms with Crippen LogP contribution in [0.25, 0.3) is 0 Å². The van der Waals surface area contributed by atoms with E-state index in [1.54, 1.807) is 6.07 Å². The zero-order chi connectivity index (χ0) is 18.9. The van der Waals surface area contributed by atoms with E-state index in [2.05, 4.69) is 17.4 Å². The number of nitrogens with one attached hydrogen (secondary N) is 1. The summed E-state index contributed by atoms with van der Waals surface area (Å²) in [6, 6.07) is 16.6. The normalized spacial score (nSPS) is 16.5. The van der Waals surface area contributed by atoms with E-state index in [0.717, 1.165) is 18.5 Å². The number of amides is 1. The predicted molar refractivity (Wildman–Crippen MR) is 111 cm³/mol. The summed E-state index contributed by atoms with van der Waals surface area (Å²) < 4.78 is 19.2. The van der Waals surface area contributed by atoms with E-state index in [4.69, 9.17) is 4.74 Å². The molecule has 4 nitrogen and oxygen atoms in total. The van der Waals surface area contributed by atoms with Crippen molar-refractivity contribution >= 4 is 18.3 Å². The number of carbonyl (C=O) groups excluding carboxylic acids is 1. The van der Waals surface area contributed by atoms with E-state index in [1.807, 2.05) is 29.2 Å². The van der Waals surface area contributed by atoms with Crippen LogP contribution in [0.15, 0.2) is 54.6 Å². The maximum atomic E-state index is 13.6. The van der Waals surface area contributed by atoms with Gasteiger partial charge in [0.25, 0.3) is 0 Å². The molecule has 1 aliphatic heterocycles. The van der Waals surface area contributed by atoms with Crippen LogP contribution in [-0.4, -0.2) is 43.7 Å². The molecule has 3 rings (SSSR count). The van der Waals surface area contributed by atoms with Gasteiger partial charge in [0.15, 0.2) is 0 Å². The summed E-state index contributed by atoms with van der Waals surface area (Å²) in [5, 5.41) is 3.30. The van der Waals surface area contributed by atoms with Crippen LogP contribution in [0.5, 0.6) is 0 Å². The number of hydrogen-bond acceptors (Lipinski definition) is 3. The second kappa shape index (κ2) is 11.8. The molecule has 1 heterocycles. The SMILES string of the molecule is Cl.O=C(CCCOCCc1ccccc1)N1CCNCC1c1cccc(F)c1. The number of piperazine rings is 1. The van der Waals surface area contributed by atoms with Crippen LogP contribution in [0, 0.1) is 5.82 Å². The van der Waals surface area contributed by atoms with Gasteiger partial charge >= 0.3 is 0 Å². The molecule has 0 bridgehead atoms. The fourth-order valence-electron chi connectivity index (χ4n) is 3.42. The fourth-order valence-corrected chi connectivity index (χ4v) is 3.42. The molecule has 28 heavy (non-hydrogen) atoms. The minimum Gasteiger partial charge on any atom is -0.381 e. The highest BCUT2D eigenvalue weighted by Crippen LogP contribution is 2.23. The van der Waals surface area contributed by atoms with Crippen molar-refractivity contribution in [1.82, 2.24) is 10.2 Å². The Morgan fingerprint density at radius 3 is 2.75 bits per heavy atom. The summed E-state index contributed by atoms with van der Waals surface area (Å²) in [7, 11) is 0. The maximum Gasteiger partial charge on any atom is 0.223 e. The highest BCUT2D eigenvalue weighted by Gasteiger charge is 2.27. The molecular formula is C22H28ClFN2O2. The molecule has 2 aromatic carbocycles. The van der Waals surface area contributed by atoms with Crippen molar-refractivity contribution < 1.29 is 13.9 Å². The van der Waals surface area contributed by atoms with Gasteiger partial charge in [0, 0.05) is 32.7 Å². The molecule has 1 amide bonds. The Balaban J connectivity index is 0.00000280. The Bertz CT molecular complexity index is 729. The van der Waals surface area contributed by atoms with Crippen LogP contribution in [0.4, 0.5) is 4.39 Å². The van der Waals surface area contributed by atoms with Gasteiger partial charge < -0.3 is 15.0 Å². The number of hydrogen-bond donors (Lipinski definition) is 1. The molecule has 0 aromatic heterocycles. The number of halogens is 2. The lowest BCUT2D eigenvalue weighted by Gasteiger charge is -2.36. The number of rotatable bonds is 8. The summed E-state index contributed by atoms with van der Waals surface area (Å²) in [5.74, 6) is -0.158. The average Bonchev–Trinajstić information content (AvgIpc) is 2.71. The molecule has 1 N–H and O–H groups in total. The number of nitrogens with zero attached hydrogens (tertiary/aromatic N) is 1. The van der Waals surface area contributed by atoms with Crippen LogP contribution >= 0.6 is 12.4 Å². The van der Waals surface area contributed by atoms with Crippen molar-refractivity contribution in [1.29, 1.82) is 0 Å². The molecule has 6 heteroatoms. The van der Waals surface area contributed by atoms with Gasteiger partial charge in [-0.25, -0.2) is 4.39 Å². The smallest absolute Gasteiger partial charge is 0.223 e. The Kier molecular flexibility index (Phi) is 9.41. The van der Waals surface area contributed by atoms with E-state index < -0.39 is 0 Å². The van der Waals surface area contributed by atoms with Crippen molar-refractivity contribution in [3.8, 4) is 0 Å². The summed E-state index contributed by atoms with van der Waals surface area (Å²) >= 11 is 0. The third-order valence-electron chi connectivity index (χ3n) is 4.85. The molecule has 1 unspecified atom stereocenters. The summed E-state index contributed by atoms with van der Waals surface area (Å²) in [6.45, 7) is 3.32. The highest BCUT2D eigenvalue weighted by molar-refractivity contribution is 5.85. The lowest BCUT2D eigenvalue weighted by molar-refractivity contribution is -0.135. The Labute approximate surface area is 172 Å². The van der Waals surface area contributed by atoms with E-state index in [0.29, 0.717) is 39.1 Å². The van der Waals surface area contributed by atoms with Crippen LogP contribution in [-0.2, 0) is 16.0 Å². The lowest BCUT2D eigenvalue weighted by atomic mass is 10.0. The topological polar surface area (TPSA) is 41.6 Å². The number of carbonyl (C=O) groups is 1. The molecule has 0 saturated carbocycles. The zero-order valence-electron chi connectivity index (χ0n) is 16.0. The van der Waals surface area contributed by atoms with E-state index >= 15 is 0 Å². The lowest BCUT2D eigenvalue weighted by Crippen LogP contribution is -2.48. The second-order valence-corrected chi connectivity index (χ2v) is 6.81. The number of benzene rings is 2. The molecule has 1 aliphatic rings. The monoisotopic (exact) mass is 406 g/mol. The molecule has 0 aliphatic carbocycles. The Morgan fingerprint density at radius 1 is 1.14 bits per heavy atom. The first-order valence-electron chi connectivity index (χ1n) is 9.61. The van der Waals surface area contributed by atoms with E-state index in [1.165, 1.54) is 17.7 Å². The van der Waals surface area contributed by atoms with Gasteiger partial charge in [0.1, 0.15) is 5.82 Å². The standard InChI is InChI=1S/C22H27FN2O2.ClH/c23-20-9-4-8-19(16-20)21-17-24-12-13-25(21)22(26)10-5-14-27-15-11-18-6-2-1-3-7-18;/h1-4,6-9,16,21,24H,5,10-15,17H2;1H. The summed E-state index contributed by atoms with van der Waals surface area (Å²) in [6.07, 6.45) is 2.04. The maximum absolute atomic E-state index is 13.6. The van der Waals surface area contributed by atoms with Gasteiger partial charge in [-0.2, -0.15) is 0 Å². The van der Waals surface area contributed by atoms with Gasteiger partial charge in [-0.1, -0.05) is 42.5 Å². The molecular weight excluding hydrogens is 379 g/mol. The first-order valence-corrected chi connectivity index (χ1v) is 9.61. The van der Waals surface area contributed by atoms with Crippen molar-refractivity contribution in [3.63, 3.8) is 0 Å².